The lowest BCUT2D eigenvalue weighted by molar-refractivity contribution is -0.00841. The molecule has 2 atom stereocenters. The Labute approximate surface area is 233 Å². The molecule has 1 N–H and O–H groups in total. The quantitative estimate of drug-likeness (QED) is 0.282. The topological polar surface area (TPSA) is 96.0 Å². The van der Waals surface area contributed by atoms with Crippen LogP contribution in [0.1, 0.15) is 17.5 Å². The number of H-pyrrole nitrogens is 1. The van der Waals surface area contributed by atoms with Crippen molar-refractivity contribution in [3.63, 3.8) is 0 Å². The molecule has 0 amide bonds. The van der Waals surface area contributed by atoms with E-state index in [4.69, 9.17) is 33.3 Å². The van der Waals surface area contributed by atoms with E-state index in [1.165, 1.54) is 11.1 Å². The van der Waals surface area contributed by atoms with Crippen LogP contribution in [-0.4, -0.2) is 89.3 Å². The Morgan fingerprint density at radius 3 is 2.73 bits per heavy atom. The molecule has 3 aliphatic rings. The monoisotopic (exact) mass is 549 g/mol. The summed E-state index contributed by atoms with van der Waals surface area (Å²) in [5.74, 6) is 2.88. The van der Waals surface area contributed by atoms with Gasteiger partial charge in [-0.05, 0) is 36.3 Å². The summed E-state index contributed by atoms with van der Waals surface area (Å²) in [5.41, 5.74) is 5.45. The lowest BCUT2D eigenvalue weighted by Gasteiger charge is -2.31. The molecule has 4 heterocycles. The summed E-state index contributed by atoms with van der Waals surface area (Å²) < 4.78 is 33.2. The fourth-order valence-corrected chi connectivity index (χ4v) is 5.54. The van der Waals surface area contributed by atoms with Crippen LogP contribution < -0.4 is 18.9 Å². The van der Waals surface area contributed by atoms with Gasteiger partial charge in [-0.25, -0.2) is 0 Å². The van der Waals surface area contributed by atoms with Crippen molar-refractivity contribution in [2.75, 3.05) is 67.6 Å². The van der Waals surface area contributed by atoms with Crippen LogP contribution in [0.4, 0.5) is 0 Å². The van der Waals surface area contributed by atoms with Crippen molar-refractivity contribution in [3.05, 3.63) is 53.7 Å². The molecule has 0 radical (unpaired) electrons. The first-order valence-electron chi connectivity index (χ1n) is 13.5. The van der Waals surface area contributed by atoms with Gasteiger partial charge in [0.1, 0.15) is 23.8 Å². The van der Waals surface area contributed by atoms with Crippen molar-refractivity contribution in [1.29, 1.82) is 0 Å². The maximum absolute atomic E-state index is 6.10. The number of oxime groups is 1. The van der Waals surface area contributed by atoms with Crippen LogP contribution in [0.5, 0.6) is 23.0 Å². The van der Waals surface area contributed by atoms with Gasteiger partial charge in [0.25, 0.3) is 0 Å². The summed E-state index contributed by atoms with van der Waals surface area (Å²) in [6.45, 7) is 4.33. The first-order chi connectivity index (χ1) is 19.7. The molecule has 10 nitrogen and oxygen atoms in total. The summed E-state index contributed by atoms with van der Waals surface area (Å²) in [6.07, 6.45) is 5.28. The highest BCUT2D eigenvalue weighted by Gasteiger charge is 2.41. The van der Waals surface area contributed by atoms with Crippen LogP contribution in [0.25, 0.3) is 16.5 Å². The minimum absolute atomic E-state index is 0.0647. The highest BCUT2D eigenvalue weighted by Crippen LogP contribution is 2.41. The van der Waals surface area contributed by atoms with Crippen molar-refractivity contribution in [2.45, 2.75) is 12.5 Å². The molecule has 0 bridgehead atoms. The molecule has 0 fully saturated rings. The molecular weight excluding hydrogens is 514 g/mol. The molecule has 0 saturated carbocycles. The number of methoxy groups -OCH3 is 3. The maximum atomic E-state index is 6.10. The number of aromatic nitrogens is 1. The molecule has 10 heteroatoms. The average molecular weight is 550 g/mol. The van der Waals surface area contributed by atoms with E-state index >= 15 is 0 Å². The smallest absolute Gasteiger partial charge is 0.189 e. The largest absolute Gasteiger partial charge is 0.493 e. The van der Waals surface area contributed by atoms with E-state index in [0.29, 0.717) is 31.3 Å². The number of benzene rings is 2. The van der Waals surface area contributed by atoms with Gasteiger partial charge in [0.2, 0.25) is 0 Å². The van der Waals surface area contributed by atoms with E-state index in [-0.39, 0.29) is 18.8 Å². The summed E-state index contributed by atoms with van der Waals surface area (Å²) in [7, 11) is 4.90. The lowest BCUT2D eigenvalue weighted by Crippen LogP contribution is -2.42. The zero-order valence-corrected chi connectivity index (χ0v) is 23.1. The number of aromatic amines is 1. The van der Waals surface area contributed by atoms with E-state index in [0.717, 1.165) is 59.7 Å². The minimum Gasteiger partial charge on any atom is -0.493 e. The van der Waals surface area contributed by atoms with Crippen LogP contribution in [0.2, 0.25) is 0 Å². The van der Waals surface area contributed by atoms with Gasteiger partial charge in [-0.1, -0.05) is 11.2 Å². The van der Waals surface area contributed by atoms with Crippen molar-refractivity contribution in [3.8, 4) is 23.0 Å². The van der Waals surface area contributed by atoms with Crippen LogP contribution in [0.3, 0.4) is 0 Å². The molecule has 3 aromatic rings. The average Bonchev–Trinajstić information content (AvgIpc) is 3.61. The summed E-state index contributed by atoms with van der Waals surface area (Å²) in [5, 5.41) is 5.63. The third-order valence-electron chi connectivity index (χ3n) is 7.74. The number of rotatable bonds is 11. The van der Waals surface area contributed by atoms with E-state index < -0.39 is 0 Å². The molecule has 212 valence electrons. The second-order valence-corrected chi connectivity index (χ2v) is 10.1. The fourth-order valence-electron chi connectivity index (χ4n) is 5.54. The second-order valence-electron chi connectivity index (χ2n) is 10.1. The molecule has 0 aliphatic carbocycles. The first kappa shape index (κ1) is 26.5. The predicted octanol–water partition coefficient (Wildman–Crippen LogP) is 4.09. The number of ether oxygens (including phenoxy) is 6. The Morgan fingerprint density at radius 2 is 1.93 bits per heavy atom. The Hall–Kier alpha value is -3.73. The molecule has 0 saturated heterocycles. The van der Waals surface area contributed by atoms with Crippen LogP contribution >= 0.6 is 0 Å². The Morgan fingerprint density at radius 1 is 1.05 bits per heavy atom. The fraction of sp³-hybridized carbons (Fsp3) is 0.433. The molecule has 1 aromatic heterocycles. The van der Waals surface area contributed by atoms with Crippen LogP contribution in [0, 0.1) is 5.92 Å². The lowest BCUT2D eigenvalue weighted by atomic mass is 9.89. The van der Waals surface area contributed by atoms with Gasteiger partial charge in [0.05, 0.1) is 33.4 Å². The molecule has 40 heavy (non-hydrogen) atoms. The number of hydrogen-bond acceptors (Lipinski definition) is 9. The SMILES string of the molecule is COCCOCOc1ccc2[nH]cc(C3=CCN(CC4ON=C5c6cc(OC)c(OC)cc6OCC54)CC3)c2c1. The first-order valence-corrected chi connectivity index (χ1v) is 13.5. The molecule has 2 aromatic carbocycles. The van der Waals surface area contributed by atoms with E-state index in [2.05, 4.69) is 33.4 Å². The molecular formula is C30H35N3O7. The Balaban J connectivity index is 1.09. The standard InChI is InChI=1S/C30H35N3O7/c1-34-10-11-37-18-39-20-4-5-25-21(12-20)23(15-31-25)19-6-8-33(9-7-19)16-29-24-17-38-26-14-28(36-3)27(35-2)13-22(26)30(24)32-40-29/h4-6,12-15,24,29,31H,7-11,16-18H2,1-3H3. The van der Waals surface area contributed by atoms with Crippen LogP contribution in [-0.2, 0) is 14.3 Å². The highest BCUT2D eigenvalue weighted by molar-refractivity contribution is 6.06. The highest BCUT2D eigenvalue weighted by atomic mass is 16.7. The summed E-state index contributed by atoms with van der Waals surface area (Å²) in [4.78, 5) is 11.8. The van der Waals surface area contributed by atoms with Crippen molar-refractivity contribution in [2.24, 2.45) is 11.1 Å². The van der Waals surface area contributed by atoms with E-state index in [9.17, 15) is 0 Å². The number of nitrogens with one attached hydrogen (secondary N) is 1. The van der Waals surface area contributed by atoms with Gasteiger partial charge in [-0.15, -0.1) is 0 Å². The van der Waals surface area contributed by atoms with Gasteiger partial charge >= 0.3 is 0 Å². The Kier molecular flexibility index (Phi) is 7.81. The number of nitrogens with zero attached hydrogens (tertiary/aromatic N) is 2. The van der Waals surface area contributed by atoms with E-state index in [1.54, 1.807) is 21.3 Å². The van der Waals surface area contributed by atoms with Gasteiger partial charge in [-0.2, -0.15) is 0 Å². The zero-order valence-electron chi connectivity index (χ0n) is 23.1. The molecule has 0 spiro atoms. The molecule has 6 rings (SSSR count). The third kappa shape index (κ3) is 5.22. The molecule has 3 aliphatic heterocycles. The minimum atomic E-state index is -0.0647. The van der Waals surface area contributed by atoms with Crippen LogP contribution in [0.15, 0.2) is 47.8 Å². The summed E-state index contributed by atoms with van der Waals surface area (Å²) in [6, 6.07) is 9.85. The Bertz CT molecular complexity index is 1420. The summed E-state index contributed by atoms with van der Waals surface area (Å²) >= 11 is 0. The third-order valence-corrected chi connectivity index (χ3v) is 7.74. The molecule has 2 unspecified atom stereocenters. The van der Waals surface area contributed by atoms with Crippen molar-refractivity contribution in [1.82, 2.24) is 9.88 Å². The van der Waals surface area contributed by atoms with Crippen molar-refractivity contribution >= 4 is 22.2 Å². The zero-order chi connectivity index (χ0) is 27.5. The maximum Gasteiger partial charge on any atom is 0.189 e. The van der Waals surface area contributed by atoms with Crippen molar-refractivity contribution < 1.29 is 33.3 Å². The van der Waals surface area contributed by atoms with Gasteiger partial charge in [0.15, 0.2) is 24.4 Å². The normalized spacial score (nSPS) is 20.2. The predicted molar refractivity (Wildman–Crippen MR) is 151 cm³/mol. The second kappa shape index (κ2) is 11.8. The van der Waals surface area contributed by atoms with E-state index in [1.807, 2.05) is 24.3 Å². The van der Waals surface area contributed by atoms with Gasteiger partial charge in [-0.3, -0.25) is 4.90 Å². The number of hydrogen-bond donors (Lipinski definition) is 1. The van der Waals surface area contributed by atoms with Gasteiger partial charge < -0.3 is 38.2 Å². The number of fused-ring (bicyclic) bond motifs is 4. The van der Waals surface area contributed by atoms with Gasteiger partial charge in [0, 0.05) is 61.0 Å².